The lowest BCUT2D eigenvalue weighted by molar-refractivity contribution is -0.121. The Balaban J connectivity index is 1.39. The molecule has 3 aliphatic rings. The van der Waals surface area contributed by atoms with Gasteiger partial charge in [0.05, 0.1) is 39.6 Å². The van der Waals surface area contributed by atoms with Crippen LogP contribution in [0.15, 0.2) is 34.7 Å². The largest absolute Gasteiger partial charge is 0.497 e. The Bertz CT molecular complexity index is 1880. The van der Waals surface area contributed by atoms with E-state index in [2.05, 4.69) is 5.32 Å². The van der Waals surface area contributed by atoms with E-state index in [1.165, 1.54) is 24.6 Å². The second kappa shape index (κ2) is 12.2. The van der Waals surface area contributed by atoms with Crippen LogP contribution in [0.25, 0.3) is 11.3 Å². The molecule has 0 saturated carbocycles. The molecule has 0 bridgehead atoms. The monoisotopic (exact) mass is 686 g/mol. The van der Waals surface area contributed by atoms with Crippen molar-refractivity contribution in [2.45, 2.75) is 44.2 Å². The molecule has 3 heterocycles. The predicted octanol–water partition coefficient (Wildman–Crippen LogP) is 4.10. The van der Waals surface area contributed by atoms with E-state index in [0.717, 1.165) is 6.26 Å². The van der Waals surface area contributed by atoms with Crippen molar-refractivity contribution in [2.24, 2.45) is 5.92 Å². The molecule has 1 saturated heterocycles. The topological polar surface area (TPSA) is 151 Å². The van der Waals surface area contributed by atoms with Crippen LogP contribution in [-0.4, -0.2) is 82.5 Å². The molecule has 1 spiro atoms. The van der Waals surface area contributed by atoms with E-state index in [9.17, 15) is 22.8 Å². The van der Waals surface area contributed by atoms with Crippen molar-refractivity contribution in [1.29, 1.82) is 0 Å². The lowest BCUT2D eigenvalue weighted by Gasteiger charge is -2.35. The predicted molar refractivity (Wildman–Crippen MR) is 171 cm³/mol. The summed E-state index contributed by atoms with van der Waals surface area (Å²) in [5.74, 6) is -0.662. The highest BCUT2D eigenvalue weighted by atomic mass is 35.5. The van der Waals surface area contributed by atoms with Gasteiger partial charge in [-0.3, -0.25) is 14.4 Å². The zero-order valence-electron chi connectivity index (χ0n) is 26.6. The van der Waals surface area contributed by atoms with Gasteiger partial charge < -0.3 is 28.7 Å². The van der Waals surface area contributed by atoms with Crippen molar-refractivity contribution in [3.63, 3.8) is 0 Å². The van der Waals surface area contributed by atoms with Gasteiger partial charge >= 0.3 is 0 Å². The fraction of sp³-hybridized carbons (Fsp3) is 0.424. The summed E-state index contributed by atoms with van der Waals surface area (Å²) < 4.78 is 54.1. The van der Waals surface area contributed by atoms with Gasteiger partial charge in [0, 0.05) is 48.7 Å². The smallest absolute Gasteiger partial charge is 0.237 e. The van der Waals surface area contributed by atoms with Crippen LogP contribution >= 0.6 is 11.6 Å². The maximum Gasteiger partial charge on any atom is 0.237 e. The van der Waals surface area contributed by atoms with Crippen LogP contribution in [0.4, 0.5) is 0 Å². The van der Waals surface area contributed by atoms with Crippen LogP contribution in [0, 0.1) is 5.92 Å². The number of Topliss-reactive ketones (excluding diaryl/α,β-unsaturated/α-hetero) is 2. The quantitative estimate of drug-likeness (QED) is 0.343. The third kappa shape index (κ3) is 5.43. The average molecular weight is 687 g/mol. The van der Waals surface area contributed by atoms with Gasteiger partial charge in [-0.05, 0) is 37.1 Å². The van der Waals surface area contributed by atoms with Crippen LogP contribution in [0.1, 0.15) is 51.8 Å². The van der Waals surface area contributed by atoms with Crippen molar-refractivity contribution in [2.75, 3.05) is 40.7 Å². The number of hydrogen-bond acceptors (Lipinski definition) is 10. The minimum Gasteiger partial charge on any atom is -0.497 e. The Morgan fingerprint density at radius 1 is 1.02 bits per heavy atom. The number of carbonyl (C=O) groups is 3. The number of nitrogens with one attached hydrogen (secondary N) is 1. The number of ketones is 2. The number of sulfonamides is 1. The molecule has 2 aromatic carbocycles. The number of fused-ring (bicyclic) bond motifs is 2. The molecule has 1 fully saturated rings. The zero-order chi connectivity index (χ0) is 33.8. The summed E-state index contributed by atoms with van der Waals surface area (Å²) in [6, 6.07) is 8.22. The van der Waals surface area contributed by atoms with Crippen LogP contribution in [-0.2, 0) is 27.7 Å². The van der Waals surface area contributed by atoms with Crippen molar-refractivity contribution >= 4 is 39.1 Å². The third-order valence-electron chi connectivity index (χ3n) is 9.23. The molecule has 0 radical (unpaired) electrons. The van der Waals surface area contributed by atoms with Crippen LogP contribution in [0.2, 0.25) is 5.02 Å². The Kier molecular flexibility index (Phi) is 8.52. The zero-order valence-corrected chi connectivity index (χ0v) is 28.2. The number of furan rings is 1. The van der Waals surface area contributed by atoms with Crippen molar-refractivity contribution in [1.82, 2.24) is 9.62 Å². The first-order valence-corrected chi connectivity index (χ1v) is 17.3. The Morgan fingerprint density at radius 3 is 2.26 bits per heavy atom. The first kappa shape index (κ1) is 32.9. The van der Waals surface area contributed by atoms with E-state index in [0.29, 0.717) is 41.2 Å². The molecule has 1 aliphatic carbocycles. The number of amides is 1. The highest BCUT2D eigenvalue weighted by Gasteiger charge is 2.63. The van der Waals surface area contributed by atoms with E-state index >= 15 is 0 Å². The molecule has 47 heavy (non-hydrogen) atoms. The molecule has 12 nitrogen and oxygen atoms in total. The van der Waals surface area contributed by atoms with Gasteiger partial charge in [0.2, 0.25) is 33.1 Å². The molecule has 2 atom stereocenters. The Hall–Kier alpha value is -4.07. The molecule has 6 rings (SSSR count). The van der Waals surface area contributed by atoms with Crippen molar-refractivity contribution in [3.05, 3.63) is 57.8 Å². The number of hydrogen-bond donors (Lipinski definition) is 1. The SMILES string of the molecule is COc1ccc(-c2oc3c(c2CC(=O)NC2CCN(S(C)(=O)=O)CC2)C(=O)C2(Oc4c(Cl)c(OC)cc(OC)c4C2=O)C(C)C3)cc1. The molecule has 2 unspecified atom stereocenters. The van der Waals surface area contributed by atoms with Gasteiger partial charge in [0.1, 0.15) is 39.4 Å². The highest BCUT2D eigenvalue weighted by molar-refractivity contribution is 7.88. The lowest BCUT2D eigenvalue weighted by Crippen LogP contribution is -2.56. The molecule has 14 heteroatoms. The lowest BCUT2D eigenvalue weighted by atomic mass is 9.70. The maximum atomic E-state index is 14.7. The van der Waals surface area contributed by atoms with E-state index in [4.69, 9.17) is 35.0 Å². The number of carbonyl (C=O) groups excluding carboxylic acids is 3. The van der Waals surface area contributed by atoms with Gasteiger partial charge in [0.25, 0.3) is 0 Å². The first-order chi connectivity index (χ1) is 22.3. The van der Waals surface area contributed by atoms with E-state index < -0.39 is 33.1 Å². The number of rotatable bonds is 8. The van der Waals surface area contributed by atoms with Gasteiger partial charge in [-0.1, -0.05) is 18.5 Å². The van der Waals surface area contributed by atoms with Crippen LogP contribution < -0.4 is 24.3 Å². The number of benzene rings is 2. The summed E-state index contributed by atoms with van der Waals surface area (Å²) in [5.41, 5.74) is -0.908. The first-order valence-electron chi connectivity index (χ1n) is 15.1. The van der Waals surface area contributed by atoms with Gasteiger partial charge in [-0.2, -0.15) is 0 Å². The third-order valence-corrected chi connectivity index (χ3v) is 10.9. The number of ether oxygens (including phenoxy) is 4. The molecule has 250 valence electrons. The molecule has 1 amide bonds. The van der Waals surface area contributed by atoms with E-state index in [1.54, 1.807) is 38.3 Å². The fourth-order valence-corrected chi connectivity index (χ4v) is 7.89. The van der Waals surface area contributed by atoms with Gasteiger partial charge in [-0.25, -0.2) is 12.7 Å². The summed E-state index contributed by atoms with van der Waals surface area (Å²) in [4.78, 5) is 42.6. The summed E-state index contributed by atoms with van der Waals surface area (Å²) in [6.45, 7) is 2.31. The van der Waals surface area contributed by atoms with E-state index in [-0.39, 0.29) is 71.3 Å². The highest BCUT2D eigenvalue weighted by Crippen LogP contribution is 2.54. The van der Waals surface area contributed by atoms with Gasteiger partial charge in [-0.15, -0.1) is 0 Å². The fourth-order valence-electron chi connectivity index (χ4n) is 6.75. The Morgan fingerprint density at radius 2 is 1.66 bits per heavy atom. The number of halogens is 1. The summed E-state index contributed by atoms with van der Waals surface area (Å²) >= 11 is 6.60. The molecular weight excluding hydrogens is 652 g/mol. The molecule has 3 aromatic rings. The maximum absolute atomic E-state index is 14.7. The summed E-state index contributed by atoms with van der Waals surface area (Å²) in [5, 5.41) is 3.03. The summed E-state index contributed by atoms with van der Waals surface area (Å²) in [7, 11) is 1.03. The number of nitrogens with zero attached hydrogens (tertiary/aromatic N) is 1. The molecule has 1 aromatic heterocycles. The second-order valence-corrected chi connectivity index (χ2v) is 14.4. The van der Waals surface area contributed by atoms with Crippen molar-refractivity contribution < 1.29 is 46.2 Å². The van der Waals surface area contributed by atoms with Crippen LogP contribution in [0.5, 0.6) is 23.0 Å². The molecule has 1 N–H and O–H groups in total. The van der Waals surface area contributed by atoms with Gasteiger partial charge in [0.15, 0.2) is 5.75 Å². The van der Waals surface area contributed by atoms with Crippen LogP contribution in [0.3, 0.4) is 0 Å². The standard InChI is InChI=1S/C33H35ClN2O10S/c1-17-14-23-26(31(38)33(17)32(39)27-22(43-3)16-24(44-4)28(34)30(27)46-33)21(29(45-23)18-6-8-20(42-2)9-7-18)15-25(37)35-19-10-12-36(13-11-19)47(5,40)41/h6-9,16-17,19H,10-15H2,1-5H3,(H,35,37). The summed E-state index contributed by atoms with van der Waals surface area (Å²) in [6.07, 6.45) is 1.98. The van der Waals surface area contributed by atoms with E-state index in [1.807, 2.05) is 0 Å². The minimum atomic E-state index is -3.33. The molecular formula is C33H35ClN2O10S. The number of piperidine rings is 1. The molecule has 2 aliphatic heterocycles. The second-order valence-electron chi connectivity index (χ2n) is 12.0. The van der Waals surface area contributed by atoms with Crippen molar-refractivity contribution in [3.8, 4) is 34.3 Å². The number of methoxy groups -OCH3 is 3. The average Bonchev–Trinajstić information content (AvgIpc) is 3.56. The Labute approximate surface area is 277 Å². The minimum absolute atomic E-state index is 0.00452. The normalized spacial score (nSPS) is 21.3.